The number of aromatic nitrogens is 3. The zero-order valence-electron chi connectivity index (χ0n) is 5.23. The number of rotatable bonds is 0. The molecular weight excluding hydrogens is 140 g/mol. The van der Waals surface area contributed by atoms with Crippen LogP contribution < -0.4 is 5.73 Å². The average Bonchev–Trinajstić information content (AvgIpc) is 2.36. The summed E-state index contributed by atoms with van der Waals surface area (Å²) in [7, 11) is 0. The molecule has 0 aliphatic rings. The number of anilines is 1. The number of nitrogen functional groups attached to an aromatic ring is 1. The van der Waals surface area contributed by atoms with Crippen LogP contribution in [0, 0.1) is 0 Å². The molecule has 0 aromatic carbocycles. The first-order valence-electron chi connectivity index (χ1n) is 2.90. The van der Waals surface area contributed by atoms with E-state index in [1.165, 1.54) is 0 Å². The predicted molar refractivity (Wildman–Crippen MR) is 44.1 cm³/mol. The SMILES string of the molecule is C.Nc1nccn2cncc12. The van der Waals surface area contributed by atoms with Crippen molar-refractivity contribution in [2.24, 2.45) is 0 Å². The van der Waals surface area contributed by atoms with Crippen molar-refractivity contribution in [3.05, 3.63) is 24.9 Å². The molecule has 11 heavy (non-hydrogen) atoms. The third-order valence-electron chi connectivity index (χ3n) is 1.37. The molecule has 0 saturated heterocycles. The van der Waals surface area contributed by atoms with E-state index in [-0.39, 0.29) is 7.43 Å². The maximum absolute atomic E-state index is 5.53. The molecule has 58 valence electrons. The molecule has 2 aromatic heterocycles. The fraction of sp³-hybridized carbons (Fsp3) is 0.143. The summed E-state index contributed by atoms with van der Waals surface area (Å²) in [6.07, 6.45) is 6.82. The molecule has 2 N–H and O–H groups in total. The molecule has 0 radical (unpaired) electrons. The monoisotopic (exact) mass is 150 g/mol. The lowest BCUT2D eigenvalue weighted by Gasteiger charge is -1.93. The molecular formula is C7H10N4. The van der Waals surface area contributed by atoms with Gasteiger partial charge in [-0.05, 0) is 0 Å². The molecule has 2 aromatic rings. The van der Waals surface area contributed by atoms with E-state index in [1.807, 2.05) is 4.40 Å². The van der Waals surface area contributed by atoms with Gasteiger partial charge in [0.1, 0.15) is 11.3 Å². The van der Waals surface area contributed by atoms with Gasteiger partial charge in [0, 0.05) is 12.4 Å². The Hall–Kier alpha value is -1.58. The van der Waals surface area contributed by atoms with Crippen molar-refractivity contribution in [1.29, 1.82) is 0 Å². The lowest BCUT2D eigenvalue weighted by molar-refractivity contribution is 1.12. The van der Waals surface area contributed by atoms with Crippen LogP contribution in [0.15, 0.2) is 24.9 Å². The number of imidazole rings is 1. The summed E-state index contributed by atoms with van der Waals surface area (Å²) in [4.78, 5) is 7.80. The molecule has 0 fully saturated rings. The smallest absolute Gasteiger partial charge is 0.149 e. The van der Waals surface area contributed by atoms with E-state index in [1.54, 1.807) is 24.9 Å². The fourth-order valence-electron chi connectivity index (χ4n) is 0.873. The minimum Gasteiger partial charge on any atom is -0.382 e. The highest BCUT2D eigenvalue weighted by Gasteiger charge is 1.95. The first-order valence-corrected chi connectivity index (χ1v) is 2.90. The highest BCUT2D eigenvalue weighted by Crippen LogP contribution is 2.06. The number of nitrogens with two attached hydrogens (primary N) is 1. The maximum Gasteiger partial charge on any atom is 0.149 e. The van der Waals surface area contributed by atoms with Gasteiger partial charge < -0.3 is 10.1 Å². The summed E-state index contributed by atoms with van der Waals surface area (Å²) < 4.78 is 1.82. The van der Waals surface area contributed by atoms with Gasteiger partial charge in [0.15, 0.2) is 0 Å². The molecule has 2 rings (SSSR count). The topological polar surface area (TPSA) is 56.2 Å². The van der Waals surface area contributed by atoms with Crippen molar-refractivity contribution < 1.29 is 0 Å². The summed E-state index contributed by atoms with van der Waals surface area (Å²) in [5, 5.41) is 0. The Labute approximate surface area is 64.7 Å². The molecule has 4 nitrogen and oxygen atoms in total. The van der Waals surface area contributed by atoms with E-state index in [9.17, 15) is 0 Å². The van der Waals surface area contributed by atoms with E-state index < -0.39 is 0 Å². The summed E-state index contributed by atoms with van der Waals surface area (Å²) >= 11 is 0. The highest BCUT2D eigenvalue weighted by molar-refractivity contribution is 5.63. The van der Waals surface area contributed by atoms with Gasteiger partial charge in [0.05, 0.1) is 12.5 Å². The zero-order chi connectivity index (χ0) is 6.97. The van der Waals surface area contributed by atoms with Gasteiger partial charge in [-0.25, -0.2) is 9.97 Å². The first kappa shape index (κ1) is 7.53. The van der Waals surface area contributed by atoms with E-state index in [2.05, 4.69) is 9.97 Å². The van der Waals surface area contributed by atoms with Crippen LogP contribution in [0.5, 0.6) is 0 Å². The predicted octanol–water partition coefficient (Wildman–Crippen LogP) is 0.948. The van der Waals surface area contributed by atoms with Crippen LogP contribution in [0.25, 0.3) is 5.52 Å². The van der Waals surface area contributed by atoms with Crippen LogP contribution in [0.1, 0.15) is 7.43 Å². The van der Waals surface area contributed by atoms with Crippen molar-refractivity contribution in [3.63, 3.8) is 0 Å². The van der Waals surface area contributed by atoms with E-state index in [4.69, 9.17) is 5.73 Å². The minimum atomic E-state index is 0. The molecule has 0 saturated carbocycles. The Balaban J connectivity index is 0.000000605. The van der Waals surface area contributed by atoms with E-state index >= 15 is 0 Å². The fourth-order valence-corrected chi connectivity index (χ4v) is 0.873. The summed E-state index contributed by atoms with van der Waals surface area (Å²) in [5.74, 6) is 0.514. The molecule has 0 spiro atoms. The van der Waals surface area contributed by atoms with Gasteiger partial charge in [-0.3, -0.25) is 0 Å². The summed E-state index contributed by atoms with van der Waals surface area (Å²) in [6, 6.07) is 0. The lowest BCUT2D eigenvalue weighted by Crippen LogP contribution is -1.92. The lowest BCUT2D eigenvalue weighted by atomic mass is 10.5. The second kappa shape index (κ2) is 2.57. The average molecular weight is 150 g/mol. The van der Waals surface area contributed by atoms with Crippen LogP contribution >= 0.6 is 0 Å². The molecule has 4 heteroatoms. The van der Waals surface area contributed by atoms with Gasteiger partial charge in [0.25, 0.3) is 0 Å². The summed E-state index contributed by atoms with van der Waals surface area (Å²) in [5.41, 5.74) is 6.38. The molecule has 0 amide bonds. The third-order valence-corrected chi connectivity index (χ3v) is 1.37. The molecule has 0 bridgehead atoms. The Morgan fingerprint density at radius 3 is 3.00 bits per heavy atom. The normalized spacial score (nSPS) is 9.45. The molecule has 0 aliphatic heterocycles. The van der Waals surface area contributed by atoms with Crippen LogP contribution in [0.2, 0.25) is 0 Å². The Morgan fingerprint density at radius 1 is 1.45 bits per heavy atom. The van der Waals surface area contributed by atoms with Crippen LogP contribution in [-0.4, -0.2) is 14.4 Å². The van der Waals surface area contributed by atoms with Crippen LogP contribution in [-0.2, 0) is 0 Å². The number of nitrogens with zero attached hydrogens (tertiary/aromatic N) is 3. The Bertz CT molecular complexity index is 352. The van der Waals surface area contributed by atoms with Gasteiger partial charge in [0.2, 0.25) is 0 Å². The van der Waals surface area contributed by atoms with Gasteiger partial charge >= 0.3 is 0 Å². The third kappa shape index (κ3) is 1.02. The van der Waals surface area contributed by atoms with Crippen molar-refractivity contribution in [1.82, 2.24) is 14.4 Å². The summed E-state index contributed by atoms with van der Waals surface area (Å²) in [6.45, 7) is 0. The zero-order valence-corrected chi connectivity index (χ0v) is 5.23. The van der Waals surface area contributed by atoms with Gasteiger partial charge in [-0.2, -0.15) is 0 Å². The van der Waals surface area contributed by atoms with Crippen molar-refractivity contribution in [3.8, 4) is 0 Å². The first-order chi connectivity index (χ1) is 4.88. The van der Waals surface area contributed by atoms with Gasteiger partial charge in [-0.1, -0.05) is 7.43 Å². The molecule has 2 heterocycles. The van der Waals surface area contributed by atoms with Gasteiger partial charge in [-0.15, -0.1) is 0 Å². The van der Waals surface area contributed by atoms with Crippen molar-refractivity contribution in [2.75, 3.05) is 5.73 Å². The van der Waals surface area contributed by atoms with Crippen molar-refractivity contribution in [2.45, 2.75) is 7.43 Å². The van der Waals surface area contributed by atoms with Crippen LogP contribution in [0.3, 0.4) is 0 Å². The van der Waals surface area contributed by atoms with Crippen LogP contribution in [0.4, 0.5) is 5.82 Å². The van der Waals surface area contributed by atoms with Crippen molar-refractivity contribution >= 4 is 11.3 Å². The molecule has 0 atom stereocenters. The Morgan fingerprint density at radius 2 is 2.27 bits per heavy atom. The number of hydrogen-bond donors (Lipinski definition) is 1. The second-order valence-corrected chi connectivity index (χ2v) is 2.00. The minimum absolute atomic E-state index is 0. The molecule has 0 aliphatic carbocycles. The van der Waals surface area contributed by atoms with E-state index in [0.717, 1.165) is 5.52 Å². The number of hydrogen-bond acceptors (Lipinski definition) is 3. The largest absolute Gasteiger partial charge is 0.382 e. The van der Waals surface area contributed by atoms with E-state index in [0.29, 0.717) is 5.82 Å². The maximum atomic E-state index is 5.53. The standard InChI is InChI=1S/C6H6N4.CH4/c7-6-5-3-8-4-10(5)2-1-9-6;/h1-4H,(H2,7,9);1H4. The quantitative estimate of drug-likeness (QED) is 0.608. The molecule has 0 unspecified atom stereocenters. The second-order valence-electron chi connectivity index (χ2n) is 2.00. The Kier molecular flexibility index (Phi) is 1.76. The highest BCUT2D eigenvalue weighted by atomic mass is 15.0. The number of fused-ring (bicyclic) bond motifs is 1.